The van der Waals surface area contributed by atoms with Crippen LogP contribution in [0.2, 0.25) is 0 Å². The number of benzene rings is 6. The molecule has 5 N–H and O–H groups in total. The highest BCUT2D eigenvalue weighted by atomic mass is 16.5. The molecular formula is C41H36O9. The Morgan fingerprint density at radius 1 is 0.500 bits per heavy atom. The third-order valence-corrected chi connectivity index (χ3v) is 9.20. The summed E-state index contributed by atoms with van der Waals surface area (Å²) in [6.45, 7) is 5.05. The summed E-state index contributed by atoms with van der Waals surface area (Å²) in [4.78, 5) is 27.3. The van der Waals surface area contributed by atoms with E-state index in [1.807, 2.05) is 0 Å². The van der Waals surface area contributed by atoms with E-state index in [1.165, 1.54) is 13.2 Å². The van der Waals surface area contributed by atoms with Gasteiger partial charge >= 0.3 is 0 Å². The van der Waals surface area contributed by atoms with E-state index >= 15 is 0 Å². The number of methoxy groups -OCH3 is 2. The molecule has 0 atom stereocenters. The van der Waals surface area contributed by atoms with Crippen molar-refractivity contribution < 1.29 is 44.6 Å². The van der Waals surface area contributed by atoms with E-state index in [4.69, 9.17) is 9.47 Å². The minimum atomic E-state index is -0.602. The van der Waals surface area contributed by atoms with Crippen LogP contribution in [0.1, 0.15) is 48.5 Å². The first-order valence-corrected chi connectivity index (χ1v) is 15.9. The van der Waals surface area contributed by atoms with E-state index in [1.54, 1.807) is 94.6 Å². The fourth-order valence-corrected chi connectivity index (χ4v) is 6.64. The largest absolute Gasteiger partial charge is 0.507 e. The SMILES string of the molecule is COc1ccc(CC(=O)c2c(O)c(C)cc3c(O)c(-c4c(C)cc5c(C(=O)Cc6ccc(OC)cc6)c(O)c(O)cc5c4O)c(C)cc23)cc1. The molecule has 50 heavy (non-hydrogen) atoms. The van der Waals surface area contributed by atoms with Crippen molar-refractivity contribution in [2.45, 2.75) is 33.6 Å². The summed E-state index contributed by atoms with van der Waals surface area (Å²) in [5.41, 5.74) is 3.15. The zero-order valence-electron chi connectivity index (χ0n) is 28.2. The number of phenolic OH excluding ortho intramolecular Hbond substituents is 5. The van der Waals surface area contributed by atoms with Gasteiger partial charge in [-0.15, -0.1) is 0 Å². The summed E-state index contributed by atoms with van der Waals surface area (Å²) in [7, 11) is 3.09. The number of rotatable bonds is 9. The Labute approximate surface area is 288 Å². The highest BCUT2D eigenvalue weighted by Gasteiger charge is 2.27. The predicted molar refractivity (Wildman–Crippen MR) is 191 cm³/mol. The molecule has 0 fully saturated rings. The van der Waals surface area contributed by atoms with Crippen molar-refractivity contribution in [3.63, 3.8) is 0 Å². The quantitative estimate of drug-likeness (QED) is 0.0760. The van der Waals surface area contributed by atoms with Crippen LogP contribution in [-0.2, 0) is 12.8 Å². The normalized spacial score (nSPS) is 11.2. The van der Waals surface area contributed by atoms with Crippen molar-refractivity contribution in [1.29, 1.82) is 0 Å². The molecule has 6 aromatic carbocycles. The summed E-state index contributed by atoms with van der Waals surface area (Å²) in [5.74, 6) is -1.48. The van der Waals surface area contributed by atoms with Gasteiger partial charge in [-0.2, -0.15) is 0 Å². The molecule has 0 radical (unpaired) electrons. The van der Waals surface area contributed by atoms with Crippen LogP contribution in [-0.4, -0.2) is 51.3 Å². The number of ketones is 2. The van der Waals surface area contributed by atoms with Crippen LogP contribution in [0.5, 0.6) is 40.2 Å². The average Bonchev–Trinajstić information content (AvgIpc) is 3.09. The molecule has 0 aliphatic rings. The molecule has 6 rings (SSSR count). The fraction of sp³-hybridized carbons (Fsp3) is 0.171. The number of Topliss-reactive ketones (excluding diaryl/α,β-unsaturated/α-hetero) is 2. The molecule has 0 bridgehead atoms. The second kappa shape index (κ2) is 13.0. The van der Waals surface area contributed by atoms with Gasteiger partial charge in [0.25, 0.3) is 0 Å². The fourth-order valence-electron chi connectivity index (χ4n) is 6.64. The second-order valence-corrected chi connectivity index (χ2v) is 12.5. The number of fused-ring (bicyclic) bond motifs is 2. The predicted octanol–water partition coefficient (Wildman–Crippen LogP) is 7.98. The molecule has 9 heteroatoms. The molecular weight excluding hydrogens is 636 g/mol. The van der Waals surface area contributed by atoms with Crippen molar-refractivity contribution in [2.75, 3.05) is 14.2 Å². The van der Waals surface area contributed by atoms with Crippen molar-refractivity contribution >= 4 is 33.1 Å². The lowest BCUT2D eigenvalue weighted by Gasteiger charge is -2.20. The van der Waals surface area contributed by atoms with E-state index in [9.17, 15) is 35.1 Å². The minimum absolute atomic E-state index is 0.00189. The Balaban J connectivity index is 1.49. The summed E-state index contributed by atoms with van der Waals surface area (Å²) in [6, 6.07) is 20.0. The van der Waals surface area contributed by atoms with Gasteiger partial charge in [-0.25, -0.2) is 0 Å². The Bertz CT molecular complexity index is 2170. The molecule has 0 unspecified atom stereocenters. The summed E-state index contributed by atoms with van der Waals surface area (Å²) < 4.78 is 10.4. The van der Waals surface area contributed by atoms with Crippen LogP contribution in [0.4, 0.5) is 0 Å². The second-order valence-electron chi connectivity index (χ2n) is 12.5. The van der Waals surface area contributed by atoms with E-state index in [0.717, 1.165) is 5.56 Å². The van der Waals surface area contributed by atoms with E-state index in [0.29, 0.717) is 44.5 Å². The number of carbonyl (C=O) groups is 2. The van der Waals surface area contributed by atoms with Gasteiger partial charge < -0.3 is 35.0 Å². The Morgan fingerprint density at radius 2 is 0.880 bits per heavy atom. The smallest absolute Gasteiger partial charge is 0.171 e. The van der Waals surface area contributed by atoms with Crippen molar-refractivity contribution in [3.05, 3.63) is 112 Å². The Morgan fingerprint density at radius 3 is 1.30 bits per heavy atom. The van der Waals surface area contributed by atoms with Crippen molar-refractivity contribution in [1.82, 2.24) is 0 Å². The van der Waals surface area contributed by atoms with Gasteiger partial charge in [0.1, 0.15) is 28.7 Å². The first-order valence-electron chi connectivity index (χ1n) is 15.9. The lowest BCUT2D eigenvalue weighted by atomic mass is 9.85. The molecule has 0 aliphatic heterocycles. The first-order chi connectivity index (χ1) is 23.8. The summed E-state index contributed by atoms with van der Waals surface area (Å²) >= 11 is 0. The number of carbonyl (C=O) groups excluding carboxylic acids is 2. The highest BCUT2D eigenvalue weighted by molar-refractivity contribution is 6.17. The maximum Gasteiger partial charge on any atom is 0.171 e. The van der Waals surface area contributed by atoms with Gasteiger partial charge in [0.05, 0.1) is 25.3 Å². The van der Waals surface area contributed by atoms with Crippen LogP contribution in [0.3, 0.4) is 0 Å². The molecule has 0 aliphatic carbocycles. The number of ether oxygens (including phenoxy) is 2. The minimum Gasteiger partial charge on any atom is -0.507 e. The van der Waals surface area contributed by atoms with Crippen molar-refractivity contribution in [3.8, 4) is 51.4 Å². The number of aryl methyl sites for hydroxylation is 3. The molecule has 0 amide bonds. The van der Waals surface area contributed by atoms with Gasteiger partial charge in [0.2, 0.25) is 0 Å². The van der Waals surface area contributed by atoms with Crippen LogP contribution in [0.25, 0.3) is 32.7 Å². The topological polar surface area (TPSA) is 154 Å². The number of hydrogen-bond acceptors (Lipinski definition) is 9. The number of aromatic hydroxyl groups is 5. The van der Waals surface area contributed by atoms with Gasteiger partial charge in [-0.3, -0.25) is 9.59 Å². The molecule has 254 valence electrons. The molecule has 0 aromatic heterocycles. The van der Waals surface area contributed by atoms with E-state index in [-0.39, 0.29) is 68.9 Å². The monoisotopic (exact) mass is 672 g/mol. The highest BCUT2D eigenvalue weighted by Crippen LogP contribution is 2.50. The standard InChI is InChI=1S/C41H36O9/c1-20-14-27-29(16-22(3)38(45)36(27)31(42)17-23-6-10-25(49-4)11-7-23)39(46)34(20)35-21(2)15-28-30(40(35)47)19-33(44)41(48)37(28)32(43)18-24-8-12-26(50-5)13-9-24/h6-16,19,44-48H,17-18H2,1-5H3. The molecule has 0 heterocycles. The van der Waals surface area contributed by atoms with Crippen LogP contribution in [0, 0.1) is 20.8 Å². The molecule has 0 saturated carbocycles. The van der Waals surface area contributed by atoms with E-state index in [2.05, 4.69) is 0 Å². The average molecular weight is 673 g/mol. The van der Waals surface area contributed by atoms with Crippen LogP contribution >= 0.6 is 0 Å². The van der Waals surface area contributed by atoms with Gasteiger partial charge in [0.15, 0.2) is 23.1 Å². The molecule has 0 spiro atoms. The van der Waals surface area contributed by atoms with E-state index < -0.39 is 17.3 Å². The summed E-state index contributed by atoms with van der Waals surface area (Å²) in [5, 5.41) is 57.3. The lowest BCUT2D eigenvalue weighted by Crippen LogP contribution is -2.07. The number of phenols is 5. The van der Waals surface area contributed by atoms with Crippen LogP contribution < -0.4 is 9.47 Å². The van der Waals surface area contributed by atoms with Crippen molar-refractivity contribution in [2.24, 2.45) is 0 Å². The molecule has 0 saturated heterocycles. The van der Waals surface area contributed by atoms with Crippen LogP contribution in [0.15, 0.2) is 72.8 Å². The zero-order valence-corrected chi connectivity index (χ0v) is 28.2. The number of hydrogen-bond donors (Lipinski definition) is 5. The summed E-state index contributed by atoms with van der Waals surface area (Å²) in [6.07, 6.45) is -0.0912. The van der Waals surface area contributed by atoms with Gasteiger partial charge in [-0.05, 0) is 97.1 Å². The maximum atomic E-state index is 13.7. The maximum absolute atomic E-state index is 13.7. The Hall–Kier alpha value is -6.22. The third-order valence-electron chi connectivity index (χ3n) is 9.20. The molecule has 6 aromatic rings. The lowest BCUT2D eigenvalue weighted by molar-refractivity contribution is 0.0983. The third kappa shape index (κ3) is 5.77. The molecule has 9 nitrogen and oxygen atoms in total. The zero-order chi connectivity index (χ0) is 36.0. The Kier molecular flexibility index (Phi) is 8.76. The van der Waals surface area contributed by atoms with Gasteiger partial charge in [0, 0.05) is 45.5 Å². The van der Waals surface area contributed by atoms with Gasteiger partial charge in [-0.1, -0.05) is 24.3 Å². The first kappa shape index (κ1) is 33.7.